The molecule has 0 aliphatic heterocycles. The number of nitrogens with one attached hydrogen (secondary N) is 2. The standard InChI is InChI=1S/C25H23FN2O4S/c1-16-7-11-19(12-8-16)27-23(29)15-33-22-6-4-3-5-21(22)25(31)32-17(2)24(30)28-20-13-9-18(26)10-14-20/h3-14,17H,15H2,1-2H3,(H,27,29)(H,28,30)/t17-/m0/s1. The van der Waals surface area contributed by atoms with Gasteiger partial charge in [-0.2, -0.15) is 0 Å². The van der Waals surface area contributed by atoms with Crippen LogP contribution in [-0.4, -0.2) is 29.6 Å². The molecule has 0 heterocycles. The van der Waals surface area contributed by atoms with Crippen LogP contribution in [0, 0.1) is 12.7 Å². The summed E-state index contributed by atoms with van der Waals surface area (Å²) in [7, 11) is 0. The van der Waals surface area contributed by atoms with Gasteiger partial charge in [0.1, 0.15) is 5.82 Å². The maximum absolute atomic E-state index is 13.0. The van der Waals surface area contributed by atoms with Crippen molar-refractivity contribution in [1.82, 2.24) is 0 Å². The van der Waals surface area contributed by atoms with Gasteiger partial charge in [-0.3, -0.25) is 9.59 Å². The number of anilines is 2. The summed E-state index contributed by atoms with van der Waals surface area (Å²) in [6.45, 7) is 3.41. The lowest BCUT2D eigenvalue weighted by molar-refractivity contribution is -0.123. The molecule has 0 radical (unpaired) electrons. The molecule has 8 heteroatoms. The van der Waals surface area contributed by atoms with Gasteiger partial charge in [0.25, 0.3) is 5.91 Å². The fourth-order valence-corrected chi connectivity index (χ4v) is 3.63. The highest BCUT2D eigenvalue weighted by Crippen LogP contribution is 2.24. The molecular formula is C25H23FN2O4S. The fourth-order valence-electron chi connectivity index (χ4n) is 2.79. The third-order valence-corrected chi connectivity index (χ3v) is 5.64. The van der Waals surface area contributed by atoms with E-state index in [2.05, 4.69) is 10.6 Å². The van der Waals surface area contributed by atoms with Crippen LogP contribution < -0.4 is 10.6 Å². The Hall–Kier alpha value is -3.65. The first kappa shape index (κ1) is 24.0. The number of hydrogen-bond acceptors (Lipinski definition) is 5. The summed E-state index contributed by atoms with van der Waals surface area (Å²) >= 11 is 1.20. The number of ether oxygens (including phenoxy) is 1. The topological polar surface area (TPSA) is 84.5 Å². The maximum Gasteiger partial charge on any atom is 0.340 e. The Morgan fingerprint density at radius 2 is 1.52 bits per heavy atom. The molecule has 0 saturated carbocycles. The third kappa shape index (κ3) is 7.18. The largest absolute Gasteiger partial charge is 0.449 e. The van der Waals surface area contributed by atoms with E-state index in [9.17, 15) is 18.8 Å². The van der Waals surface area contributed by atoms with Crippen LogP contribution >= 0.6 is 11.8 Å². The SMILES string of the molecule is Cc1ccc(NC(=O)CSc2ccccc2C(=O)O[C@@H](C)C(=O)Nc2ccc(F)cc2)cc1. The van der Waals surface area contributed by atoms with Crippen molar-refractivity contribution in [3.63, 3.8) is 0 Å². The van der Waals surface area contributed by atoms with E-state index in [1.54, 1.807) is 24.3 Å². The van der Waals surface area contributed by atoms with E-state index in [1.807, 2.05) is 31.2 Å². The van der Waals surface area contributed by atoms with Gasteiger partial charge in [0.05, 0.1) is 11.3 Å². The van der Waals surface area contributed by atoms with Gasteiger partial charge >= 0.3 is 5.97 Å². The van der Waals surface area contributed by atoms with Crippen molar-refractivity contribution >= 4 is 40.9 Å². The highest BCUT2D eigenvalue weighted by atomic mass is 32.2. The molecule has 3 aromatic carbocycles. The van der Waals surface area contributed by atoms with Gasteiger partial charge < -0.3 is 15.4 Å². The summed E-state index contributed by atoms with van der Waals surface area (Å²) in [6.07, 6.45) is -1.08. The number of benzene rings is 3. The number of halogens is 1. The predicted molar refractivity (Wildman–Crippen MR) is 127 cm³/mol. The Morgan fingerprint density at radius 3 is 2.21 bits per heavy atom. The van der Waals surface area contributed by atoms with Crippen molar-refractivity contribution in [3.05, 3.63) is 89.7 Å². The first-order valence-electron chi connectivity index (χ1n) is 10.2. The number of carbonyl (C=O) groups is 3. The van der Waals surface area contributed by atoms with Crippen molar-refractivity contribution in [3.8, 4) is 0 Å². The van der Waals surface area contributed by atoms with E-state index in [-0.39, 0.29) is 17.2 Å². The van der Waals surface area contributed by atoms with Crippen molar-refractivity contribution < 1.29 is 23.5 Å². The van der Waals surface area contributed by atoms with Crippen LogP contribution in [0.1, 0.15) is 22.8 Å². The normalized spacial score (nSPS) is 11.4. The molecule has 0 bridgehead atoms. The minimum atomic E-state index is -1.08. The molecule has 2 amide bonds. The van der Waals surface area contributed by atoms with Crippen molar-refractivity contribution in [1.29, 1.82) is 0 Å². The molecule has 0 unspecified atom stereocenters. The molecule has 170 valence electrons. The average molecular weight is 467 g/mol. The molecule has 0 fully saturated rings. The first-order valence-corrected chi connectivity index (χ1v) is 11.2. The summed E-state index contributed by atoms with van der Waals surface area (Å²) in [5, 5.41) is 5.38. The molecule has 0 aliphatic rings. The second-order valence-corrected chi connectivity index (χ2v) is 8.26. The number of esters is 1. The molecule has 0 saturated heterocycles. The number of carbonyl (C=O) groups excluding carboxylic acids is 3. The third-order valence-electron chi connectivity index (χ3n) is 4.57. The van der Waals surface area contributed by atoms with Gasteiger partial charge in [0, 0.05) is 16.3 Å². The molecule has 3 aromatic rings. The number of aryl methyl sites for hydroxylation is 1. The lowest BCUT2D eigenvalue weighted by atomic mass is 10.2. The van der Waals surface area contributed by atoms with Gasteiger partial charge in [-0.1, -0.05) is 29.8 Å². The van der Waals surface area contributed by atoms with E-state index in [0.717, 1.165) is 5.56 Å². The van der Waals surface area contributed by atoms with E-state index >= 15 is 0 Å². The Kier molecular flexibility index (Phi) is 8.21. The van der Waals surface area contributed by atoms with Gasteiger partial charge in [0.2, 0.25) is 5.91 Å². The zero-order valence-corrected chi connectivity index (χ0v) is 18.9. The Labute approximate surface area is 195 Å². The smallest absolute Gasteiger partial charge is 0.340 e. The molecule has 1 atom stereocenters. The maximum atomic E-state index is 13.0. The summed E-state index contributed by atoms with van der Waals surface area (Å²) in [5.41, 5.74) is 2.43. The molecule has 2 N–H and O–H groups in total. The quantitative estimate of drug-likeness (QED) is 0.359. The molecular weight excluding hydrogens is 443 g/mol. The summed E-state index contributed by atoms with van der Waals surface area (Å²) in [4.78, 5) is 37.8. The van der Waals surface area contributed by atoms with Gasteiger partial charge in [0.15, 0.2) is 6.10 Å². The Morgan fingerprint density at radius 1 is 0.909 bits per heavy atom. The van der Waals surface area contributed by atoms with E-state index in [4.69, 9.17) is 4.74 Å². The van der Waals surface area contributed by atoms with Crippen LogP contribution in [0.4, 0.5) is 15.8 Å². The first-order chi connectivity index (χ1) is 15.8. The van der Waals surface area contributed by atoms with E-state index in [1.165, 1.54) is 43.0 Å². The lowest BCUT2D eigenvalue weighted by Gasteiger charge is -2.15. The number of amides is 2. The molecule has 3 rings (SSSR count). The summed E-state index contributed by atoms with van der Waals surface area (Å²) in [5.74, 6) is -1.76. The molecule has 6 nitrogen and oxygen atoms in total. The molecule has 0 aromatic heterocycles. The minimum Gasteiger partial charge on any atom is -0.449 e. The Balaban J connectivity index is 1.57. The highest BCUT2D eigenvalue weighted by molar-refractivity contribution is 8.00. The number of hydrogen-bond donors (Lipinski definition) is 2. The van der Waals surface area contributed by atoms with Crippen molar-refractivity contribution in [2.75, 3.05) is 16.4 Å². The number of thioether (sulfide) groups is 1. The summed E-state index contributed by atoms with van der Waals surface area (Å²) < 4.78 is 18.3. The minimum absolute atomic E-state index is 0.0960. The van der Waals surface area contributed by atoms with Crippen LogP contribution in [-0.2, 0) is 14.3 Å². The van der Waals surface area contributed by atoms with Gasteiger partial charge in [-0.05, 0) is 62.4 Å². The average Bonchev–Trinajstić information content (AvgIpc) is 2.80. The van der Waals surface area contributed by atoms with Gasteiger partial charge in [-0.25, -0.2) is 9.18 Å². The molecule has 0 aliphatic carbocycles. The van der Waals surface area contributed by atoms with Crippen LogP contribution in [0.3, 0.4) is 0 Å². The second kappa shape index (κ2) is 11.3. The Bertz CT molecular complexity index is 1130. The van der Waals surface area contributed by atoms with Crippen molar-refractivity contribution in [2.45, 2.75) is 24.8 Å². The number of rotatable bonds is 8. The van der Waals surface area contributed by atoms with Crippen LogP contribution in [0.5, 0.6) is 0 Å². The van der Waals surface area contributed by atoms with Crippen LogP contribution in [0.2, 0.25) is 0 Å². The predicted octanol–water partition coefficient (Wildman–Crippen LogP) is 5.05. The fraction of sp³-hybridized carbons (Fsp3) is 0.160. The second-order valence-electron chi connectivity index (χ2n) is 7.24. The monoisotopic (exact) mass is 466 g/mol. The molecule has 0 spiro atoms. The van der Waals surface area contributed by atoms with Gasteiger partial charge in [-0.15, -0.1) is 11.8 Å². The van der Waals surface area contributed by atoms with E-state index in [0.29, 0.717) is 16.3 Å². The van der Waals surface area contributed by atoms with Crippen molar-refractivity contribution in [2.24, 2.45) is 0 Å². The van der Waals surface area contributed by atoms with Crippen LogP contribution in [0.15, 0.2) is 77.7 Å². The molecule has 33 heavy (non-hydrogen) atoms. The lowest BCUT2D eigenvalue weighted by Crippen LogP contribution is -2.30. The van der Waals surface area contributed by atoms with Crippen LogP contribution in [0.25, 0.3) is 0 Å². The zero-order chi connectivity index (χ0) is 23.8. The summed E-state index contributed by atoms with van der Waals surface area (Å²) in [6, 6.07) is 19.4. The highest BCUT2D eigenvalue weighted by Gasteiger charge is 2.21. The zero-order valence-electron chi connectivity index (χ0n) is 18.1. The van der Waals surface area contributed by atoms with E-state index < -0.39 is 23.8 Å².